The van der Waals surface area contributed by atoms with Gasteiger partial charge in [0.25, 0.3) is 0 Å². The van der Waals surface area contributed by atoms with Gasteiger partial charge in [-0.05, 0) is 59.7 Å². The maximum absolute atomic E-state index is 13.5. The predicted molar refractivity (Wildman–Crippen MR) is 136 cm³/mol. The lowest BCUT2D eigenvalue weighted by atomic mass is 10.1. The summed E-state index contributed by atoms with van der Waals surface area (Å²) in [6.45, 7) is 11.1. The third-order valence-electron chi connectivity index (χ3n) is 5.62. The number of benzene rings is 3. The molecule has 3 aromatic carbocycles. The topological polar surface area (TPSA) is 62.5 Å². The second kappa shape index (κ2) is 7.35. The van der Waals surface area contributed by atoms with Gasteiger partial charge in [-0.15, -0.1) is 0 Å². The molecule has 0 aliphatic carbocycles. The van der Waals surface area contributed by atoms with E-state index in [4.69, 9.17) is 9.47 Å². The fourth-order valence-electron chi connectivity index (χ4n) is 4.51. The van der Waals surface area contributed by atoms with Crippen molar-refractivity contribution in [3.8, 4) is 0 Å². The Bertz CT molecular complexity index is 1610. The molecule has 0 saturated heterocycles. The fraction of sp³-hybridized carbons (Fsp3) is 0.286. The van der Waals surface area contributed by atoms with E-state index < -0.39 is 23.4 Å². The molecule has 0 N–H and O–H groups in total. The summed E-state index contributed by atoms with van der Waals surface area (Å²) < 4.78 is 14.8. The normalized spacial score (nSPS) is 12.6. The van der Waals surface area contributed by atoms with E-state index in [1.54, 1.807) is 9.13 Å². The van der Waals surface area contributed by atoms with Crippen LogP contribution in [0.15, 0.2) is 60.7 Å². The maximum atomic E-state index is 13.5. The quantitative estimate of drug-likeness (QED) is 0.242. The minimum atomic E-state index is -0.660. The van der Waals surface area contributed by atoms with Gasteiger partial charge in [0.15, 0.2) is 0 Å². The van der Waals surface area contributed by atoms with E-state index in [1.807, 2.05) is 102 Å². The van der Waals surface area contributed by atoms with Crippen LogP contribution in [0.1, 0.15) is 41.5 Å². The molecular weight excluding hydrogens is 428 g/mol. The molecule has 0 fully saturated rings. The first-order valence-electron chi connectivity index (χ1n) is 11.4. The molecule has 0 bridgehead atoms. The summed E-state index contributed by atoms with van der Waals surface area (Å²) in [7, 11) is 0. The molecule has 2 heterocycles. The number of ether oxygens (including phenoxy) is 2. The molecule has 174 valence electrons. The zero-order valence-electron chi connectivity index (χ0n) is 20.3. The smallest absolute Gasteiger partial charge is 0.419 e. The van der Waals surface area contributed by atoms with Crippen molar-refractivity contribution in [2.75, 3.05) is 0 Å². The van der Waals surface area contributed by atoms with Gasteiger partial charge in [0, 0.05) is 21.5 Å². The van der Waals surface area contributed by atoms with Crippen molar-refractivity contribution in [1.82, 2.24) is 9.13 Å². The van der Waals surface area contributed by atoms with Crippen LogP contribution in [-0.2, 0) is 9.47 Å². The Morgan fingerprint density at radius 1 is 0.588 bits per heavy atom. The van der Waals surface area contributed by atoms with Gasteiger partial charge >= 0.3 is 12.2 Å². The first-order chi connectivity index (χ1) is 16.0. The Morgan fingerprint density at radius 3 is 1.68 bits per heavy atom. The number of hydrogen-bond acceptors (Lipinski definition) is 4. The highest BCUT2D eigenvalue weighted by molar-refractivity contribution is 6.28. The molecule has 0 atom stereocenters. The standard InChI is InChI=1S/C28H28N2O4/c1-27(2,3)33-25(31)29-21-14-10-8-12-19(21)23-22(29)16-15-18-17-11-7-9-13-20(17)30(24(18)23)26(32)34-28(4,5)6/h7-16H,1-6H3. The molecule has 0 unspecified atom stereocenters. The third kappa shape index (κ3) is 3.50. The Balaban J connectivity index is 1.95. The molecule has 5 rings (SSSR count). The van der Waals surface area contributed by atoms with Crippen molar-refractivity contribution >= 4 is 55.8 Å². The zero-order chi connectivity index (χ0) is 24.4. The van der Waals surface area contributed by atoms with E-state index in [2.05, 4.69) is 0 Å². The molecule has 5 aromatic rings. The van der Waals surface area contributed by atoms with Crippen molar-refractivity contribution in [2.45, 2.75) is 52.7 Å². The Labute approximate surface area is 197 Å². The Hall–Kier alpha value is -3.80. The number of hydrogen-bond donors (Lipinski definition) is 0. The van der Waals surface area contributed by atoms with Gasteiger partial charge in [0.2, 0.25) is 0 Å². The summed E-state index contributed by atoms with van der Waals surface area (Å²) in [6.07, 6.45) is -0.918. The molecule has 0 aliphatic rings. The van der Waals surface area contributed by atoms with Crippen molar-refractivity contribution in [3.05, 3.63) is 60.7 Å². The van der Waals surface area contributed by atoms with Crippen molar-refractivity contribution in [1.29, 1.82) is 0 Å². The van der Waals surface area contributed by atoms with Gasteiger partial charge in [-0.3, -0.25) is 0 Å². The molecule has 2 aromatic heterocycles. The van der Waals surface area contributed by atoms with Crippen LogP contribution in [0.2, 0.25) is 0 Å². The Kier molecular flexibility index (Phi) is 4.76. The van der Waals surface area contributed by atoms with E-state index >= 15 is 0 Å². The molecule has 6 nitrogen and oxygen atoms in total. The van der Waals surface area contributed by atoms with Crippen molar-refractivity contribution in [3.63, 3.8) is 0 Å². The van der Waals surface area contributed by atoms with Gasteiger partial charge in [0.05, 0.1) is 22.1 Å². The van der Waals surface area contributed by atoms with Crippen LogP contribution in [-0.4, -0.2) is 32.5 Å². The van der Waals surface area contributed by atoms with Gasteiger partial charge < -0.3 is 9.47 Å². The number of rotatable bonds is 0. The summed E-state index contributed by atoms with van der Waals surface area (Å²) in [5, 5.41) is 3.53. The minimum absolute atomic E-state index is 0.458. The lowest BCUT2D eigenvalue weighted by Gasteiger charge is -2.20. The molecule has 6 heteroatoms. The maximum Gasteiger partial charge on any atom is 0.419 e. The van der Waals surface area contributed by atoms with E-state index in [-0.39, 0.29) is 0 Å². The molecule has 0 spiro atoms. The second-order valence-corrected chi connectivity index (χ2v) is 10.5. The van der Waals surface area contributed by atoms with Crippen molar-refractivity contribution in [2.24, 2.45) is 0 Å². The fourth-order valence-corrected chi connectivity index (χ4v) is 4.51. The highest BCUT2D eigenvalue weighted by atomic mass is 16.6. The van der Waals surface area contributed by atoms with E-state index in [1.165, 1.54) is 0 Å². The van der Waals surface area contributed by atoms with Crippen LogP contribution in [0, 0.1) is 0 Å². The van der Waals surface area contributed by atoms with Crippen LogP contribution in [0.5, 0.6) is 0 Å². The number of fused-ring (bicyclic) bond motifs is 7. The highest BCUT2D eigenvalue weighted by Crippen LogP contribution is 2.40. The molecular formula is C28H28N2O4. The first kappa shape index (κ1) is 22.0. The molecule has 0 aliphatic heterocycles. The SMILES string of the molecule is CC(C)(C)OC(=O)n1c2ccccc2c2c1ccc1c3ccccc3n(C(=O)OC(C)(C)C)c12. The number of carbonyl (C=O) groups excluding carboxylic acids is 2. The second-order valence-electron chi connectivity index (χ2n) is 10.5. The number of nitrogens with zero attached hydrogens (tertiary/aromatic N) is 2. The third-order valence-corrected chi connectivity index (χ3v) is 5.62. The van der Waals surface area contributed by atoms with Gasteiger partial charge in [-0.25, -0.2) is 18.7 Å². The van der Waals surface area contributed by atoms with Crippen LogP contribution in [0.25, 0.3) is 43.6 Å². The average molecular weight is 457 g/mol. The summed E-state index contributed by atoms with van der Waals surface area (Å²) in [5.74, 6) is 0. The molecule has 0 radical (unpaired) electrons. The van der Waals surface area contributed by atoms with Gasteiger partial charge in [0.1, 0.15) is 11.2 Å². The van der Waals surface area contributed by atoms with Gasteiger partial charge in [-0.2, -0.15) is 0 Å². The summed E-state index contributed by atoms with van der Waals surface area (Å²) in [6, 6.07) is 19.3. The predicted octanol–water partition coefficient (Wildman–Crippen LogP) is 7.47. The summed E-state index contributed by atoms with van der Waals surface area (Å²) in [5.41, 5.74) is 1.56. The lowest BCUT2D eigenvalue weighted by molar-refractivity contribution is 0.0541. The summed E-state index contributed by atoms with van der Waals surface area (Å²) >= 11 is 0. The van der Waals surface area contributed by atoms with Crippen LogP contribution in [0.4, 0.5) is 9.59 Å². The van der Waals surface area contributed by atoms with Crippen LogP contribution >= 0.6 is 0 Å². The minimum Gasteiger partial charge on any atom is -0.443 e. The van der Waals surface area contributed by atoms with Crippen LogP contribution < -0.4 is 0 Å². The number of para-hydroxylation sites is 2. The monoisotopic (exact) mass is 456 g/mol. The van der Waals surface area contributed by atoms with Crippen molar-refractivity contribution < 1.29 is 19.1 Å². The molecule has 0 saturated carbocycles. The van der Waals surface area contributed by atoms with E-state index in [0.717, 1.165) is 32.6 Å². The lowest BCUT2D eigenvalue weighted by Crippen LogP contribution is -2.27. The Morgan fingerprint density at radius 2 is 1.09 bits per heavy atom. The average Bonchev–Trinajstić information content (AvgIpc) is 3.24. The molecule has 0 amide bonds. The van der Waals surface area contributed by atoms with E-state index in [9.17, 15) is 9.59 Å². The van der Waals surface area contributed by atoms with Crippen LogP contribution in [0.3, 0.4) is 0 Å². The van der Waals surface area contributed by atoms with Gasteiger partial charge in [-0.1, -0.05) is 42.5 Å². The van der Waals surface area contributed by atoms with E-state index in [0.29, 0.717) is 11.0 Å². The highest BCUT2D eigenvalue weighted by Gasteiger charge is 2.27. The molecule has 34 heavy (non-hydrogen) atoms. The largest absolute Gasteiger partial charge is 0.443 e. The summed E-state index contributed by atoms with van der Waals surface area (Å²) in [4.78, 5) is 26.8. The number of aromatic nitrogens is 2. The first-order valence-corrected chi connectivity index (χ1v) is 11.4. The number of carbonyl (C=O) groups is 2. The zero-order valence-corrected chi connectivity index (χ0v) is 20.3.